The van der Waals surface area contributed by atoms with E-state index in [1.807, 2.05) is 0 Å². The molecule has 0 unspecified atom stereocenters. The predicted molar refractivity (Wildman–Crippen MR) is 68.6 cm³/mol. The molecule has 1 aromatic heterocycles. The molecule has 0 aliphatic heterocycles. The third kappa shape index (κ3) is 3.43. The smallest absolute Gasteiger partial charge is 0.406 e. The number of ether oxygens (including phenoxy) is 1. The van der Waals surface area contributed by atoms with Crippen LogP contribution in [0.3, 0.4) is 0 Å². The van der Waals surface area contributed by atoms with E-state index in [0.717, 1.165) is 12.1 Å². The van der Waals surface area contributed by atoms with Gasteiger partial charge in [-0.3, -0.25) is 0 Å². The number of hydrogen-bond donors (Lipinski definition) is 1. The van der Waals surface area contributed by atoms with Crippen LogP contribution < -0.4 is 10.5 Å². The van der Waals surface area contributed by atoms with Gasteiger partial charge < -0.3 is 10.5 Å². The molecular formula is C11H6Cl2F3N3O. The van der Waals surface area contributed by atoms with Gasteiger partial charge in [0.25, 0.3) is 0 Å². The van der Waals surface area contributed by atoms with E-state index in [2.05, 4.69) is 14.7 Å². The van der Waals surface area contributed by atoms with E-state index in [0.29, 0.717) is 0 Å². The summed E-state index contributed by atoms with van der Waals surface area (Å²) in [4.78, 5) is 7.40. The lowest BCUT2D eigenvalue weighted by molar-refractivity contribution is -0.274. The average molecular weight is 324 g/mol. The normalized spacial score (nSPS) is 11.4. The molecule has 0 saturated heterocycles. The van der Waals surface area contributed by atoms with Gasteiger partial charge in [0, 0.05) is 0 Å². The summed E-state index contributed by atoms with van der Waals surface area (Å²) in [6.07, 6.45) is -4.79. The summed E-state index contributed by atoms with van der Waals surface area (Å²) in [6, 6.07) is 5.13. The van der Waals surface area contributed by atoms with Crippen LogP contribution in [0, 0.1) is 0 Å². The highest BCUT2D eigenvalue weighted by Gasteiger charge is 2.31. The molecule has 0 amide bonds. The maximum Gasteiger partial charge on any atom is 0.573 e. The molecule has 1 aromatic carbocycles. The van der Waals surface area contributed by atoms with Gasteiger partial charge in [0.15, 0.2) is 0 Å². The summed E-state index contributed by atoms with van der Waals surface area (Å²) in [5.74, 6) is -0.537. The van der Waals surface area contributed by atoms with Crippen molar-refractivity contribution < 1.29 is 17.9 Å². The number of benzene rings is 1. The Morgan fingerprint density at radius 3 is 2.25 bits per heavy atom. The number of hydrogen-bond acceptors (Lipinski definition) is 4. The summed E-state index contributed by atoms with van der Waals surface area (Å²) >= 11 is 11.8. The SMILES string of the molecule is Nc1nc(Cl)c(-c2cccc(OC(F)(F)F)c2)c(Cl)n1. The molecule has 0 fully saturated rings. The van der Waals surface area contributed by atoms with E-state index in [9.17, 15) is 13.2 Å². The van der Waals surface area contributed by atoms with Crippen LogP contribution >= 0.6 is 23.2 Å². The second-order valence-corrected chi connectivity index (χ2v) is 4.33. The summed E-state index contributed by atoms with van der Waals surface area (Å²) in [5, 5.41) is -0.127. The summed E-state index contributed by atoms with van der Waals surface area (Å²) < 4.78 is 40.3. The molecule has 2 N–H and O–H groups in total. The Balaban J connectivity index is 2.47. The molecule has 0 aliphatic carbocycles. The molecule has 0 bridgehead atoms. The molecule has 2 aromatic rings. The minimum Gasteiger partial charge on any atom is -0.406 e. The van der Waals surface area contributed by atoms with Crippen LogP contribution in [0.4, 0.5) is 19.1 Å². The Hall–Kier alpha value is -1.73. The quantitative estimate of drug-likeness (QED) is 0.850. The van der Waals surface area contributed by atoms with Crippen molar-refractivity contribution in [3.63, 3.8) is 0 Å². The van der Waals surface area contributed by atoms with Crippen molar-refractivity contribution in [2.24, 2.45) is 0 Å². The van der Waals surface area contributed by atoms with E-state index in [1.54, 1.807) is 0 Å². The van der Waals surface area contributed by atoms with E-state index in [-0.39, 0.29) is 27.4 Å². The first-order chi connectivity index (χ1) is 9.26. The monoisotopic (exact) mass is 323 g/mol. The van der Waals surface area contributed by atoms with Crippen LogP contribution in [-0.2, 0) is 0 Å². The largest absolute Gasteiger partial charge is 0.573 e. The fraction of sp³-hybridized carbons (Fsp3) is 0.0909. The van der Waals surface area contributed by atoms with Gasteiger partial charge in [-0.25, -0.2) is 9.97 Å². The van der Waals surface area contributed by atoms with E-state index >= 15 is 0 Å². The van der Waals surface area contributed by atoms with Crippen molar-refractivity contribution in [1.29, 1.82) is 0 Å². The number of nitrogens with zero attached hydrogens (tertiary/aromatic N) is 2. The standard InChI is InChI=1S/C11H6Cl2F3N3O/c12-8-7(9(13)19-10(17)18-8)5-2-1-3-6(4-5)20-11(14,15)16/h1-4H,(H2,17,18,19). The fourth-order valence-electron chi connectivity index (χ4n) is 1.51. The summed E-state index contributed by atoms with van der Waals surface area (Å²) in [6.45, 7) is 0. The third-order valence-electron chi connectivity index (χ3n) is 2.19. The van der Waals surface area contributed by atoms with Gasteiger partial charge in [0.1, 0.15) is 16.1 Å². The molecule has 4 nitrogen and oxygen atoms in total. The van der Waals surface area contributed by atoms with Crippen LogP contribution in [0.25, 0.3) is 11.1 Å². The topological polar surface area (TPSA) is 61.0 Å². The minimum absolute atomic E-state index is 0.0633. The molecule has 2 rings (SSSR count). The maximum atomic E-state index is 12.2. The molecule has 9 heteroatoms. The average Bonchev–Trinajstić information content (AvgIpc) is 2.25. The fourth-order valence-corrected chi connectivity index (χ4v) is 2.13. The highest BCUT2D eigenvalue weighted by atomic mass is 35.5. The van der Waals surface area contributed by atoms with Gasteiger partial charge >= 0.3 is 6.36 Å². The van der Waals surface area contributed by atoms with Gasteiger partial charge in [0.05, 0.1) is 5.56 Å². The van der Waals surface area contributed by atoms with Crippen molar-refractivity contribution in [2.45, 2.75) is 6.36 Å². The van der Waals surface area contributed by atoms with Crippen LogP contribution in [0.1, 0.15) is 0 Å². The minimum atomic E-state index is -4.79. The van der Waals surface area contributed by atoms with E-state index in [4.69, 9.17) is 28.9 Å². The second kappa shape index (κ2) is 5.34. The van der Waals surface area contributed by atoms with Gasteiger partial charge in [-0.1, -0.05) is 35.3 Å². The lowest BCUT2D eigenvalue weighted by Crippen LogP contribution is -2.17. The van der Waals surface area contributed by atoms with Gasteiger partial charge in [-0.15, -0.1) is 13.2 Å². The van der Waals surface area contributed by atoms with Crippen molar-refractivity contribution in [3.8, 4) is 16.9 Å². The van der Waals surface area contributed by atoms with E-state index < -0.39 is 12.1 Å². The van der Waals surface area contributed by atoms with Crippen molar-refractivity contribution in [3.05, 3.63) is 34.6 Å². The first kappa shape index (κ1) is 14.7. The lowest BCUT2D eigenvalue weighted by Gasteiger charge is -2.11. The number of halogens is 5. The number of nitrogens with two attached hydrogens (primary N) is 1. The number of anilines is 1. The molecule has 0 radical (unpaired) electrons. The molecule has 20 heavy (non-hydrogen) atoms. The van der Waals surface area contributed by atoms with Crippen molar-refractivity contribution in [1.82, 2.24) is 9.97 Å². The summed E-state index contributed by atoms with van der Waals surface area (Å²) in [7, 11) is 0. The number of rotatable bonds is 2. The Morgan fingerprint density at radius 1 is 1.10 bits per heavy atom. The highest BCUT2D eigenvalue weighted by Crippen LogP contribution is 2.35. The molecule has 0 spiro atoms. The maximum absolute atomic E-state index is 12.2. The number of alkyl halides is 3. The number of aromatic nitrogens is 2. The van der Waals surface area contributed by atoms with Gasteiger partial charge in [-0.05, 0) is 17.7 Å². The molecule has 106 valence electrons. The first-order valence-corrected chi connectivity index (χ1v) is 5.86. The van der Waals surface area contributed by atoms with E-state index in [1.165, 1.54) is 12.1 Å². The molecule has 0 atom stereocenters. The summed E-state index contributed by atoms with van der Waals surface area (Å²) in [5.41, 5.74) is 5.81. The van der Waals surface area contributed by atoms with Gasteiger partial charge in [-0.2, -0.15) is 0 Å². The molecule has 0 aliphatic rings. The zero-order valence-corrected chi connectivity index (χ0v) is 11.1. The van der Waals surface area contributed by atoms with Crippen LogP contribution in [0.15, 0.2) is 24.3 Å². The Labute approximate surface area is 121 Å². The highest BCUT2D eigenvalue weighted by molar-refractivity contribution is 6.37. The third-order valence-corrected chi connectivity index (χ3v) is 2.74. The second-order valence-electron chi connectivity index (χ2n) is 3.61. The Morgan fingerprint density at radius 2 is 1.70 bits per heavy atom. The molecular weight excluding hydrogens is 318 g/mol. The van der Waals surface area contributed by atoms with Crippen LogP contribution in [0.5, 0.6) is 5.75 Å². The molecule has 0 saturated carbocycles. The Bertz CT molecular complexity index is 626. The lowest BCUT2D eigenvalue weighted by atomic mass is 10.1. The Kier molecular flexibility index (Phi) is 3.92. The zero-order valence-electron chi connectivity index (χ0n) is 9.58. The van der Waals surface area contributed by atoms with Crippen molar-refractivity contribution >= 4 is 29.2 Å². The van der Waals surface area contributed by atoms with Gasteiger partial charge in [0.2, 0.25) is 5.95 Å². The van der Waals surface area contributed by atoms with Crippen LogP contribution in [0.2, 0.25) is 10.3 Å². The zero-order chi connectivity index (χ0) is 14.9. The first-order valence-electron chi connectivity index (χ1n) is 5.11. The number of nitrogen functional groups attached to an aromatic ring is 1. The van der Waals surface area contributed by atoms with Crippen molar-refractivity contribution in [2.75, 3.05) is 5.73 Å². The molecule has 1 heterocycles. The predicted octanol–water partition coefficient (Wildman–Crippen LogP) is 3.93. The van der Waals surface area contributed by atoms with Crippen LogP contribution in [-0.4, -0.2) is 16.3 Å².